The quantitative estimate of drug-likeness (QED) is 0.528. The molecule has 88 valence electrons. The minimum Gasteiger partial charge on any atom is -0.497 e. The minimum absolute atomic E-state index is 0.149. The van der Waals surface area contributed by atoms with E-state index in [0.717, 1.165) is 0 Å². The summed E-state index contributed by atoms with van der Waals surface area (Å²) in [4.78, 5) is 10.5. The van der Waals surface area contributed by atoms with E-state index in [1.165, 1.54) is 25.3 Å². The molecule has 6 nitrogen and oxygen atoms in total. The van der Waals surface area contributed by atoms with E-state index in [-0.39, 0.29) is 11.3 Å². The summed E-state index contributed by atoms with van der Waals surface area (Å²) in [6, 6.07) is 4.36. The molecule has 0 aromatic heterocycles. The Morgan fingerprint density at radius 1 is 1.44 bits per heavy atom. The number of methoxy groups -OCH3 is 1. The normalized spacial score (nSPS) is 14.2. The minimum atomic E-state index is -1.91. The maximum Gasteiger partial charge on any atom is 0.335 e. The van der Waals surface area contributed by atoms with Crippen LogP contribution in [-0.4, -0.2) is 34.5 Å². The predicted octanol–water partition coefficient (Wildman–Crippen LogP) is -0.244. The number of aliphatic hydroxyl groups excluding tert-OH is 2. The maximum absolute atomic E-state index is 10.5. The van der Waals surface area contributed by atoms with Crippen LogP contribution in [0.5, 0.6) is 5.75 Å². The Labute approximate surface area is 91.9 Å². The van der Waals surface area contributed by atoms with Crippen LogP contribution in [0.25, 0.3) is 0 Å². The molecule has 0 radical (unpaired) electrons. The van der Waals surface area contributed by atoms with Crippen molar-refractivity contribution in [3.8, 4) is 5.75 Å². The Morgan fingerprint density at radius 2 is 2.06 bits per heavy atom. The molecule has 0 saturated carbocycles. The van der Waals surface area contributed by atoms with Crippen LogP contribution in [0, 0.1) is 0 Å². The summed E-state index contributed by atoms with van der Waals surface area (Å²) in [6.07, 6.45) is -3.47. The summed E-state index contributed by atoms with van der Waals surface area (Å²) in [7, 11) is 1.46. The number of rotatable bonds is 4. The maximum atomic E-state index is 10.5. The van der Waals surface area contributed by atoms with Gasteiger partial charge in [0.2, 0.25) is 0 Å². The Hall–Kier alpha value is -1.79. The molecule has 0 spiro atoms. The van der Waals surface area contributed by atoms with Gasteiger partial charge in [0.15, 0.2) is 6.10 Å². The number of hydrogen-bond donors (Lipinski definition) is 4. The van der Waals surface area contributed by atoms with Gasteiger partial charge in [-0.2, -0.15) is 0 Å². The van der Waals surface area contributed by atoms with Crippen LogP contribution < -0.4 is 10.5 Å². The molecule has 0 aliphatic heterocycles. The molecule has 2 atom stereocenters. The van der Waals surface area contributed by atoms with Gasteiger partial charge in [0.25, 0.3) is 0 Å². The van der Waals surface area contributed by atoms with Gasteiger partial charge in [-0.3, -0.25) is 0 Å². The summed E-state index contributed by atoms with van der Waals surface area (Å²) in [5.74, 6) is -1.03. The standard InChI is InChI=1S/C10H13NO5/c1-16-5-2-3-6(7(11)4-5)8(12)9(13)10(14)15/h2-4,8-9,12-13H,11H2,1H3,(H,14,15). The molecule has 6 heteroatoms. The van der Waals surface area contributed by atoms with E-state index in [2.05, 4.69) is 0 Å². The molecule has 0 bridgehead atoms. The van der Waals surface area contributed by atoms with Gasteiger partial charge in [-0.1, -0.05) is 6.07 Å². The van der Waals surface area contributed by atoms with E-state index in [4.69, 9.17) is 20.7 Å². The molecule has 2 unspecified atom stereocenters. The highest BCUT2D eigenvalue weighted by molar-refractivity contribution is 5.73. The number of carbonyl (C=O) groups is 1. The van der Waals surface area contributed by atoms with Gasteiger partial charge >= 0.3 is 5.97 Å². The second kappa shape index (κ2) is 4.82. The largest absolute Gasteiger partial charge is 0.497 e. The van der Waals surface area contributed by atoms with Crippen LogP contribution in [-0.2, 0) is 4.79 Å². The molecule has 0 heterocycles. The van der Waals surface area contributed by atoms with Crippen molar-refractivity contribution < 1.29 is 24.9 Å². The molecule has 16 heavy (non-hydrogen) atoms. The molecule has 0 saturated heterocycles. The van der Waals surface area contributed by atoms with Crippen molar-refractivity contribution in [1.82, 2.24) is 0 Å². The van der Waals surface area contributed by atoms with Crippen molar-refractivity contribution in [2.45, 2.75) is 12.2 Å². The van der Waals surface area contributed by atoms with E-state index in [1.54, 1.807) is 0 Å². The Bertz CT molecular complexity index is 393. The van der Waals surface area contributed by atoms with Gasteiger partial charge in [0, 0.05) is 17.3 Å². The zero-order valence-corrected chi connectivity index (χ0v) is 8.62. The number of ether oxygens (including phenoxy) is 1. The average molecular weight is 227 g/mol. The highest BCUT2D eigenvalue weighted by atomic mass is 16.5. The number of carboxylic acid groups (broad SMARTS) is 1. The first-order valence-corrected chi connectivity index (χ1v) is 4.49. The van der Waals surface area contributed by atoms with Crippen molar-refractivity contribution in [3.63, 3.8) is 0 Å². The lowest BCUT2D eigenvalue weighted by molar-refractivity contribution is -0.153. The third-order valence-electron chi connectivity index (χ3n) is 2.16. The molecule has 0 aliphatic rings. The predicted molar refractivity (Wildman–Crippen MR) is 56.0 cm³/mol. The Morgan fingerprint density at radius 3 is 2.50 bits per heavy atom. The van der Waals surface area contributed by atoms with Crippen LogP contribution in [0.1, 0.15) is 11.7 Å². The second-order valence-electron chi connectivity index (χ2n) is 3.22. The van der Waals surface area contributed by atoms with Crippen LogP contribution in [0.3, 0.4) is 0 Å². The van der Waals surface area contributed by atoms with Crippen molar-refractivity contribution >= 4 is 11.7 Å². The van der Waals surface area contributed by atoms with Gasteiger partial charge in [-0.05, 0) is 6.07 Å². The van der Waals surface area contributed by atoms with Gasteiger partial charge in [-0.15, -0.1) is 0 Å². The third kappa shape index (κ3) is 2.41. The lowest BCUT2D eigenvalue weighted by Crippen LogP contribution is -2.28. The summed E-state index contributed by atoms with van der Waals surface area (Å²) < 4.78 is 4.90. The summed E-state index contributed by atoms with van der Waals surface area (Å²) >= 11 is 0. The molecular formula is C10H13NO5. The fourth-order valence-corrected chi connectivity index (χ4v) is 1.25. The fraction of sp³-hybridized carbons (Fsp3) is 0.300. The first-order chi connectivity index (χ1) is 7.47. The van der Waals surface area contributed by atoms with Crippen molar-refractivity contribution in [3.05, 3.63) is 23.8 Å². The molecule has 5 N–H and O–H groups in total. The molecular weight excluding hydrogens is 214 g/mol. The topological polar surface area (TPSA) is 113 Å². The lowest BCUT2D eigenvalue weighted by atomic mass is 10.0. The summed E-state index contributed by atoms with van der Waals surface area (Å²) in [5, 5.41) is 27.2. The number of carboxylic acids is 1. The first kappa shape index (κ1) is 12.3. The number of benzene rings is 1. The highest BCUT2D eigenvalue weighted by Crippen LogP contribution is 2.27. The van der Waals surface area contributed by atoms with Crippen molar-refractivity contribution in [2.75, 3.05) is 12.8 Å². The molecule has 1 aromatic carbocycles. The average Bonchev–Trinajstić information content (AvgIpc) is 2.26. The van der Waals surface area contributed by atoms with Crippen molar-refractivity contribution in [1.29, 1.82) is 0 Å². The van der Waals surface area contributed by atoms with Crippen LogP contribution >= 0.6 is 0 Å². The lowest BCUT2D eigenvalue weighted by Gasteiger charge is -2.16. The zero-order valence-electron chi connectivity index (χ0n) is 8.62. The third-order valence-corrected chi connectivity index (χ3v) is 2.16. The number of hydrogen-bond acceptors (Lipinski definition) is 5. The fourth-order valence-electron chi connectivity index (χ4n) is 1.25. The molecule has 1 rings (SSSR count). The number of aliphatic hydroxyl groups is 2. The van der Waals surface area contributed by atoms with Crippen LogP contribution in [0.15, 0.2) is 18.2 Å². The monoisotopic (exact) mass is 227 g/mol. The molecule has 0 amide bonds. The Balaban J connectivity index is 3.00. The molecule has 0 aliphatic carbocycles. The summed E-state index contributed by atoms with van der Waals surface area (Å²) in [5.41, 5.74) is 5.90. The van der Waals surface area contributed by atoms with E-state index >= 15 is 0 Å². The SMILES string of the molecule is COc1ccc(C(O)C(O)C(=O)O)c(N)c1. The smallest absolute Gasteiger partial charge is 0.335 e. The van der Waals surface area contributed by atoms with Crippen LogP contribution in [0.2, 0.25) is 0 Å². The summed E-state index contributed by atoms with van der Waals surface area (Å²) in [6.45, 7) is 0. The first-order valence-electron chi connectivity index (χ1n) is 4.49. The highest BCUT2D eigenvalue weighted by Gasteiger charge is 2.26. The van der Waals surface area contributed by atoms with Crippen molar-refractivity contribution in [2.24, 2.45) is 0 Å². The number of nitrogens with two attached hydrogens (primary N) is 1. The van der Waals surface area contributed by atoms with Gasteiger partial charge in [0.1, 0.15) is 11.9 Å². The number of nitrogen functional groups attached to an aromatic ring is 1. The van der Waals surface area contributed by atoms with Crippen LogP contribution in [0.4, 0.5) is 5.69 Å². The Kier molecular flexibility index (Phi) is 3.70. The molecule has 1 aromatic rings. The zero-order chi connectivity index (χ0) is 12.3. The van der Waals surface area contributed by atoms with Gasteiger partial charge < -0.3 is 25.8 Å². The number of anilines is 1. The van der Waals surface area contributed by atoms with E-state index in [0.29, 0.717) is 5.75 Å². The van der Waals surface area contributed by atoms with E-state index in [9.17, 15) is 9.90 Å². The number of aliphatic carboxylic acids is 1. The van der Waals surface area contributed by atoms with Gasteiger partial charge in [0.05, 0.1) is 7.11 Å². The van der Waals surface area contributed by atoms with E-state index in [1.807, 2.05) is 0 Å². The molecule has 0 fully saturated rings. The van der Waals surface area contributed by atoms with E-state index < -0.39 is 18.2 Å². The van der Waals surface area contributed by atoms with Gasteiger partial charge in [-0.25, -0.2) is 4.79 Å². The second-order valence-corrected chi connectivity index (χ2v) is 3.22.